The number of sulfone groups is 2. The van der Waals surface area contributed by atoms with Crippen molar-refractivity contribution in [1.29, 1.82) is 10.5 Å². The number of nitrogens with one attached hydrogen (secondary N) is 2. The SMILES string of the molecule is COC1CC(S(=O)(=O)c2ccc(-c3ccccn3)cc2C(F)(F)F)C[C@H]1C(=O)NC1(C#N)CC1.CO[C@H]1C[C@@H](S(=O)(=O)c2ccc(-c3ccccn3)cc2C(F)(F)F)CC1C(=O)NC1(C#N)CC1. The molecular weight excluding hydrogens is 943 g/mol. The second-order valence-electron chi connectivity index (χ2n) is 17.3. The zero-order valence-corrected chi connectivity index (χ0v) is 38.0. The molecular formula is C46H44F6N6O8S2. The van der Waals surface area contributed by atoms with Crippen molar-refractivity contribution in [2.45, 2.75) is 107 Å². The molecule has 4 aliphatic carbocycles. The van der Waals surface area contributed by atoms with E-state index in [0.29, 0.717) is 25.7 Å². The van der Waals surface area contributed by atoms with Crippen LogP contribution in [0.2, 0.25) is 0 Å². The lowest BCUT2D eigenvalue weighted by Gasteiger charge is -2.19. The van der Waals surface area contributed by atoms with Gasteiger partial charge in [0.2, 0.25) is 11.8 Å². The van der Waals surface area contributed by atoms with Crippen LogP contribution in [0, 0.1) is 34.5 Å². The molecule has 2 N–H and O–H groups in total. The quantitative estimate of drug-likeness (QED) is 0.137. The number of nitriles is 2. The van der Waals surface area contributed by atoms with Crippen molar-refractivity contribution >= 4 is 31.5 Å². The summed E-state index contributed by atoms with van der Waals surface area (Å²) in [6.07, 6.45) is -7.24. The molecule has 0 bridgehead atoms. The maximum Gasteiger partial charge on any atom is 0.417 e. The standard InChI is InChI=1S/2C23H22F3N3O4S/c2*1-33-19-12-15(11-16(19)21(30)29-22(13-27)7-8-22)34(31,32)20-6-5-14(10-17(20)23(24,25)26)18-4-2-3-9-28-18/h2*2-6,9-10,15-16,19H,7-8,11-12H2,1H3,(H,29,30)/t15?,16-,19?;15-,16?,19-/m10/s1. The number of benzene rings is 2. The van der Waals surface area contributed by atoms with Gasteiger partial charge in [0.05, 0.1) is 79.0 Å². The molecule has 0 spiro atoms. The lowest BCUT2D eigenvalue weighted by molar-refractivity contribution is -0.140. The lowest BCUT2D eigenvalue weighted by atomic mass is 10.0. The lowest BCUT2D eigenvalue weighted by Crippen LogP contribution is -2.42. The second-order valence-corrected chi connectivity index (χ2v) is 21.6. The van der Waals surface area contributed by atoms with Gasteiger partial charge in [-0.25, -0.2) is 16.8 Å². The number of hydrogen-bond donors (Lipinski definition) is 2. The molecule has 2 amide bonds. The van der Waals surface area contributed by atoms with Crippen molar-refractivity contribution < 1.29 is 62.2 Å². The third-order valence-electron chi connectivity index (χ3n) is 12.8. The Morgan fingerprint density at radius 1 is 0.618 bits per heavy atom. The Hall–Kier alpha value is -5.94. The van der Waals surface area contributed by atoms with E-state index in [4.69, 9.17) is 9.47 Å². The third kappa shape index (κ3) is 10.4. The first kappa shape index (κ1) is 50.0. The average Bonchev–Trinajstić information content (AvgIpc) is 4.17. The number of alkyl halides is 6. The van der Waals surface area contributed by atoms with Crippen molar-refractivity contribution in [2.24, 2.45) is 11.8 Å². The van der Waals surface area contributed by atoms with Crippen LogP contribution in [-0.2, 0) is 51.1 Å². The van der Waals surface area contributed by atoms with Crippen LogP contribution in [0.3, 0.4) is 0 Å². The Labute approximate surface area is 387 Å². The highest BCUT2D eigenvalue weighted by Crippen LogP contribution is 2.45. The normalized spacial score (nSPS) is 23.8. The predicted molar refractivity (Wildman–Crippen MR) is 230 cm³/mol. The highest BCUT2D eigenvalue weighted by atomic mass is 32.2. The van der Waals surface area contributed by atoms with E-state index in [1.165, 1.54) is 50.9 Å². The molecule has 3 unspecified atom stereocenters. The maximum absolute atomic E-state index is 13.9. The zero-order valence-electron chi connectivity index (χ0n) is 36.3. The van der Waals surface area contributed by atoms with E-state index in [1.54, 1.807) is 24.3 Å². The molecule has 0 radical (unpaired) electrons. The minimum atomic E-state index is -4.92. The first-order chi connectivity index (χ1) is 32.0. The molecule has 6 atom stereocenters. The fourth-order valence-electron chi connectivity index (χ4n) is 8.67. The highest BCUT2D eigenvalue weighted by molar-refractivity contribution is 7.92. The molecule has 4 aliphatic rings. The van der Waals surface area contributed by atoms with E-state index < -0.39 is 110 Å². The summed E-state index contributed by atoms with van der Waals surface area (Å²) >= 11 is 0. The third-order valence-corrected chi connectivity index (χ3v) is 17.3. The van der Waals surface area contributed by atoms with Crippen LogP contribution in [0.1, 0.15) is 62.5 Å². The van der Waals surface area contributed by atoms with E-state index in [9.17, 15) is 63.3 Å². The van der Waals surface area contributed by atoms with Gasteiger partial charge in [0.15, 0.2) is 19.7 Å². The minimum Gasteiger partial charge on any atom is -0.381 e. The van der Waals surface area contributed by atoms with Gasteiger partial charge in [-0.15, -0.1) is 0 Å². The summed E-state index contributed by atoms with van der Waals surface area (Å²) < 4.78 is 148. The number of ether oxygens (including phenoxy) is 2. The van der Waals surface area contributed by atoms with Crippen LogP contribution in [0.5, 0.6) is 0 Å². The Balaban J connectivity index is 0.000000201. The number of carbonyl (C=O) groups excluding carboxylic acids is 2. The molecule has 4 saturated carbocycles. The molecule has 2 aromatic carbocycles. The number of nitrogens with zero attached hydrogens (tertiary/aromatic N) is 4. The van der Waals surface area contributed by atoms with Gasteiger partial charge in [-0.3, -0.25) is 19.6 Å². The molecule has 68 heavy (non-hydrogen) atoms. The number of rotatable bonds is 12. The number of pyridine rings is 2. The second kappa shape index (κ2) is 18.9. The van der Waals surface area contributed by atoms with E-state index in [2.05, 4.69) is 20.6 Å². The monoisotopic (exact) mass is 986 g/mol. The van der Waals surface area contributed by atoms with Crippen molar-refractivity contribution in [3.05, 3.63) is 96.3 Å². The molecule has 2 aromatic heterocycles. The summed E-state index contributed by atoms with van der Waals surface area (Å²) in [4.78, 5) is 31.9. The summed E-state index contributed by atoms with van der Waals surface area (Å²) in [6, 6.07) is 19.6. The van der Waals surface area contributed by atoms with Gasteiger partial charge < -0.3 is 20.1 Å². The summed E-state index contributed by atoms with van der Waals surface area (Å²) in [7, 11) is -6.28. The van der Waals surface area contributed by atoms with Gasteiger partial charge in [0, 0.05) is 37.7 Å². The smallest absolute Gasteiger partial charge is 0.381 e. The van der Waals surface area contributed by atoms with Gasteiger partial charge in [-0.2, -0.15) is 36.9 Å². The number of carbonyl (C=O) groups is 2. The first-order valence-corrected chi connectivity index (χ1v) is 24.4. The van der Waals surface area contributed by atoms with Crippen molar-refractivity contribution in [3.8, 4) is 34.7 Å². The Morgan fingerprint density at radius 3 is 1.26 bits per heavy atom. The van der Waals surface area contributed by atoms with E-state index >= 15 is 0 Å². The van der Waals surface area contributed by atoms with Crippen molar-refractivity contribution in [1.82, 2.24) is 20.6 Å². The van der Waals surface area contributed by atoms with E-state index in [-0.39, 0.29) is 48.2 Å². The molecule has 0 aliphatic heterocycles. The number of methoxy groups -OCH3 is 2. The van der Waals surface area contributed by atoms with Crippen LogP contribution in [-0.4, -0.2) is 86.6 Å². The molecule has 0 saturated heterocycles. The zero-order chi connectivity index (χ0) is 49.5. The van der Waals surface area contributed by atoms with Crippen LogP contribution in [0.15, 0.2) is 95.0 Å². The fourth-order valence-corrected chi connectivity index (χ4v) is 12.7. The van der Waals surface area contributed by atoms with Crippen LogP contribution in [0.25, 0.3) is 22.5 Å². The fraction of sp³-hybridized carbons (Fsp3) is 0.435. The molecule has 360 valence electrons. The van der Waals surface area contributed by atoms with Crippen molar-refractivity contribution in [3.63, 3.8) is 0 Å². The van der Waals surface area contributed by atoms with E-state index in [0.717, 1.165) is 24.3 Å². The number of halogens is 6. The summed E-state index contributed by atoms with van der Waals surface area (Å²) in [5.41, 5.74) is -3.62. The summed E-state index contributed by atoms with van der Waals surface area (Å²) in [5.74, 6) is -2.83. The average molecular weight is 987 g/mol. The number of amides is 2. The molecule has 4 fully saturated rings. The topological polar surface area (TPSA) is 218 Å². The Kier molecular flexibility index (Phi) is 13.9. The first-order valence-electron chi connectivity index (χ1n) is 21.3. The number of hydrogen-bond acceptors (Lipinski definition) is 12. The summed E-state index contributed by atoms with van der Waals surface area (Å²) in [5, 5.41) is 21.2. The van der Waals surface area contributed by atoms with Gasteiger partial charge in [0.25, 0.3) is 0 Å². The van der Waals surface area contributed by atoms with Crippen LogP contribution >= 0.6 is 0 Å². The van der Waals surface area contributed by atoms with Crippen LogP contribution in [0.4, 0.5) is 26.3 Å². The highest BCUT2D eigenvalue weighted by Gasteiger charge is 2.53. The summed E-state index contributed by atoms with van der Waals surface area (Å²) in [6.45, 7) is 0. The largest absolute Gasteiger partial charge is 0.417 e. The molecule has 14 nitrogen and oxygen atoms in total. The van der Waals surface area contributed by atoms with Crippen LogP contribution < -0.4 is 10.6 Å². The molecule has 4 aromatic rings. The van der Waals surface area contributed by atoms with E-state index in [1.807, 2.05) is 12.1 Å². The molecule has 8 rings (SSSR count). The Morgan fingerprint density at radius 2 is 0.985 bits per heavy atom. The van der Waals surface area contributed by atoms with Gasteiger partial charge in [-0.1, -0.05) is 24.3 Å². The minimum absolute atomic E-state index is 0.129. The maximum atomic E-state index is 13.9. The van der Waals surface area contributed by atoms with Gasteiger partial charge in [-0.05, 0) is 99.9 Å². The molecule has 22 heteroatoms. The predicted octanol–water partition coefficient (Wildman–Crippen LogP) is 7.01. The van der Waals surface area contributed by atoms with Gasteiger partial charge in [0.1, 0.15) is 11.1 Å². The Bertz CT molecular complexity index is 2670. The number of aromatic nitrogens is 2. The van der Waals surface area contributed by atoms with Crippen molar-refractivity contribution in [2.75, 3.05) is 14.2 Å². The molecule has 2 heterocycles. The van der Waals surface area contributed by atoms with Gasteiger partial charge >= 0.3 is 12.4 Å².